The van der Waals surface area contributed by atoms with Gasteiger partial charge in [0.1, 0.15) is 17.3 Å². The Morgan fingerprint density at radius 2 is 2.00 bits per heavy atom. The lowest BCUT2D eigenvalue weighted by Crippen LogP contribution is -2.29. The predicted molar refractivity (Wildman–Crippen MR) is 126 cm³/mol. The minimum Gasteiger partial charge on any atom is -0.492 e. The van der Waals surface area contributed by atoms with Crippen molar-refractivity contribution in [3.05, 3.63) is 52.5 Å². The van der Waals surface area contributed by atoms with Crippen LogP contribution in [0.25, 0.3) is 0 Å². The molecule has 2 aromatic rings. The molecule has 0 saturated carbocycles. The van der Waals surface area contributed by atoms with Crippen molar-refractivity contribution in [2.45, 2.75) is 24.4 Å². The second-order valence-corrected chi connectivity index (χ2v) is 10.7. The third-order valence-corrected chi connectivity index (χ3v) is 7.06. The molecule has 2 aromatic carbocycles. The van der Waals surface area contributed by atoms with Crippen LogP contribution in [0.5, 0.6) is 5.75 Å². The monoisotopic (exact) mass is 511 g/mol. The zero-order valence-corrected chi connectivity index (χ0v) is 20.5. The van der Waals surface area contributed by atoms with Gasteiger partial charge in [0.2, 0.25) is 10.0 Å². The van der Waals surface area contributed by atoms with E-state index in [0.717, 1.165) is 22.3 Å². The summed E-state index contributed by atoms with van der Waals surface area (Å²) >= 11 is 3.44. The molecule has 0 radical (unpaired) electrons. The van der Waals surface area contributed by atoms with Crippen molar-refractivity contribution < 1.29 is 17.9 Å². The molecule has 0 spiro atoms. The number of nitrogens with one attached hydrogen (secondary N) is 2. The van der Waals surface area contributed by atoms with Crippen LogP contribution >= 0.6 is 15.9 Å². The predicted octanol–water partition coefficient (Wildman–Crippen LogP) is 3.31. The normalized spacial score (nSPS) is 19.0. The number of ether oxygens (including phenoxy) is 2. The molecule has 0 aromatic heterocycles. The molecule has 2 atom stereocenters. The highest BCUT2D eigenvalue weighted by atomic mass is 79.9. The molecule has 1 heterocycles. The van der Waals surface area contributed by atoms with E-state index in [1.807, 2.05) is 43.3 Å². The van der Waals surface area contributed by atoms with Crippen molar-refractivity contribution in [1.82, 2.24) is 9.62 Å². The Bertz CT molecular complexity index is 984. The van der Waals surface area contributed by atoms with Crippen LogP contribution in [0.15, 0.2) is 51.8 Å². The molecule has 9 heteroatoms. The van der Waals surface area contributed by atoms with Crippen LogP contribution in [0.3, 0.4) is 0 Å². The van der Waals surface area contributed by atoms with Gasteiger partial charge in [0.15, 0.2) is 0 Å². The maximum atomic E-state index is 13.1. The van der Waals surface area contributed by atoms with Gasteiger partial charge in [0.25, 0.3) is 0 Å². The molecule has 1 aliphatic heterocycles. The maximum Gasteiger partial charge on any atom is 0.242 e. The number of hydrogen-bond acceptors (Lipinski definition) is 6. The molecule has 170 valence electrons. The average Bonchev–Trinajstić information content (AvgIpc) is 3.11. The van der Waals surface area contributed by atoms with Crippen molar-refractivity contribution in [1.29, 1.82) is 0 Å². The highest BCUT2D eigenvalue weighted by Crippen LogP contribution is 2.28. The third kappa shape index (κ3) is 6.92. The molecular formula is C22H30BrN3O4S. The Kier molecular flexibility index (Phi) is 8.35. The zero-order chi connectivity index (χ0) is 22.4. The summed E-state index contributed by atoms with van der Waals surface area (Å²) in [6.07, 6.45) is 0. The minimum atomic E-state index is -3.73. The number of benzene rings is 2. The molecule has 0 aliphatic carbocycles. The van der Waals surface area contributed by atoms with Crippen molar-refractivity contribution >= 4 is 31.6 Å². The van der Waals surface area contributed by atoms with Crippen LogP contribution < -0.4 is 14.8 Å². The quantitative estimate of drug-likeness (QED) is 0.509. The number of hydrogen-bond donors (Lipinski definition) is 2. The van der Waals surface area contributed by atoms with E-state index in [1.165, 1.54) is 0 Å². The second-order valence-electron chi connectivity index (χ2n) is 8.03. The van der Waals surface area contributed by atoms with Crippen LogP contribution in [0.1, 0.15) is 12.5 Å². The lowest BCUT2D eigenvalue weighted by Gasteiger charge is -2.20. The molecule has 31 heavy (non-hydrogen) atoms. The van der Waals surface area contributed by atoms with E-state index < -0.39 is 10.0 Å². The molecule has 1 fully saturated rings. The Morgan fingerprint density at radius 1 is 1.19 bits per heavy atom. The number of halogens is 1. The van der Waals surface area contributed by atoms with E-state index in [0.29, 0.717) is 31.4 Å². The summed E-state index contributed by atoms with van der Waals surface area (Å²) in [4.78, 5) is 2.26. The van der Waals surface area contributed by atoms with E-state index in [-0.39, 0.29) is 17.5 Å². The fourth-order valence-electron chi connectivity index (χ4n) is 3.24. The van der Waals surface area contributed by atoms with Gasteiger partial charge in [-0.25, -0.2) is 13.1 Å². The first-order chi connectivity index (χ1) is 14.7. The summed E-state index contributed by atoms with van der Waals surface area (Å²) in [5.74, 6) is 1.03. The molecular weight excluding hydrogens is 482 g/mol. The minimum absolute atomic E-state index is 0.0687. The highest BCUT2D eigenvalue weighted by Gasteiger charge is 2.27. The smallest absolute Gasteiger partial charge is 0.242 e. The van der Waals surface area contributed by atoms with Crippen LogP contribution in [-0.2, 0) is 21.3 Å². The second kappa shape index (κ2) is 10.8. The molecule has 1 aliphatic rings. The summed E-state index contributed by atoms with van der Waals surface area (Å²) in [5, 5.41) is 3.35. The Labute approximate surface area is 193 Å². The summed E-state index contributed by atoms with van der Waals surface area (Å²) in [6.45, 7) is 4.86. The summed E-state index contributed by atoms with van der Waals surface area (Å²) < 4.78 is 40.9. The first-order valence-electron chi connectivity index (χ1n) is 10.2. The number of anilines is 1. The zero-order valence-electron chi connectivity index (χ0n) is 18.1. The van der Waals surface area contributed by atoms with Gasteiger partial charge in [-0.1, -0.05) is 35.0 Å². The van der Waals surface area contributed by atoms with E-state index in [1.54, 1.807) is 18.2 Å². The molecule has 2 unspecified atom stereocenters. The van der Waals surface area contributed by atoms with Crippen molar-refractivity contribution in [3.63, 3.8) is 0 Å². The van der Waals surface area contributed by atoms with E-state index in [9.17, 15) is 8.42 Å². The van der Waals surface area contributed by atoms with Gasteiger partial charge < -0.3 is 19.7 Å². The highest BCUT2D eigenvalue weighted by molar-refractivity contribution is 9.10. The molecule has 2 N–H and O–H groups in total. The van der Waals surface area contributed by atoms with E-state index in [2.05, 4.69) is 32.9 Å². The van der Waals surface area contributed by atoms with E-state index in [4.69, 9.17) is 9.47 Å². The van der Waals surface area contributed by atoms with Gasteiger partial charge in [0.05, 0.1) is 24.9 Å². The molecule has 0 amide bonds. The van der Waals surface area contributed by atoms with Crippen LogP contribution in [0.4, 0.5) is 5.69 Å². The number of rotatable bonds is 10. The SMILES string of the molecule is CC1COCC1Nc1cc(Br)ccc1S(=O)(=O)NCc1cccc(OCCN(C)C)c1. The van der Waals surface area contributed by atoms with Crippen molar-refractivity contribution in [3.8, 4) is 5.75 Å². The van der Waals surface area contributed by atoms with E-state index >= 15 is 0 Å². The topological polar surface area (TPSA) is 79.9 Å². The Morgan fingerprint density at radius 3 is 2.71 bits per heavy atom. The first-order valence-corrected chi connectivity index (χ1v) is 12.5. The summed E-state index contributed by atoms with van der Waals surface area (Å²) in [7, 11) is 0.245. The van der Waals surface area contributed by atoms with Crippen molar-refractivity contribution in [2.24, 2.45) is 5.92 Å². The largest absolute Gasteiger partial charge is 0.492 e. The fraction of sp³-hybridized carbons (Fsp3) is 0.455. The standard InChI is InChI=1S/C22H30BrN3O4S/c1-16-14-29-15-21(16)25-20-12-18(23)7-8-22(20)31(27,28)24-13-17-5-4-6-19(11-17)30-10-9-26(2)3/h4-8,11-12,16,21,24-25H,9-10,13-15H2,1-3H3. The van der Waals surface area contributed by atoms with Gasteiger partial charge in [-0.3, -0.25) is 0 Å². The Hall–Kier alpha value is -1.65. The van der Waals surface area contributed by atoms with Crippen LogP contribution in [0.2, 0.25) is 0 Å². The van der Waals surface area contributed by atoms with Gasteiger partial charge in [-0.15, -0.1) is 0 Å². The van der Waals surface area contributed by atoms with Gasteiger partial charge >= 0.3 is 0 Å². The summed E-state index contributed by atoms with van der Waals surface area (Å²) in [5.41, 5.74) is 1.39. The molecule has 7 nitrogen and oxygen atoms in total. The average molecular weight is 512 g/mol. The molecule has 0 bridgehead atoms. The first kappa shape index (κ1) is 24.0. The summed E-state index contributed by atoms with van der Waals surface area (Å²) in [6, 6.07) is 12.7. The lowest BCUT2D eigenvalue weighted by molar-refractivity contribution is 0.187. The molecule has 3 rings (SSSR count). The van der Waals surface area contributed by atoms with Crippen LogP contribution in [-0.4, -0.2) is 59.8 Å². The fourth-order valence-corrected chi connectivity index (χ4v) is 4.77. The number of nitrogens with zero attached hydrogens (tertiary/aromatic N) is 1. The third-order valence-electron chi connectivity index (χ3n) is 5.11. The maximum absolute atomic E-state index is 13.1. The van der Waals surface area contributed by atoms with Gasteiger partial charge in [-0.2, -0.15) is 0 Å². The lowest BCUT2D eigenvalue weighted by atomic mass is 10.1. The molecule has 1 saturated heterocycles. The van der Waals surface area contributed by atoms with Gasteiger partial charge in [-0.05, 0) is 50.0 Å². The van der Waals surface area contributed by atoms with Gasteiger partial charge in [0, 0.05) is 23.5 Å². The van der Waals surface area contributed by atoms with Crippen LogP contribution in [0, 0.1) is 5.92 Å². The van der Waals surface area contributed by atoms with Crippen molar-refractivity contribution in [2.75, 3.05) is 45.8 Å². The Balaban J connectivity index is 1.70. The number of sulfonamides is 1. The number of likely N-dealkylation sites (N-methyl/N-ethyl adjacent to an activating group) is 1.